The van der Waals surface area contributed by atoms with Gasteiger partial charge in [-0.3, -0.25) is 5.10 Å². The summed E-state index contributed by atoms with van der Waals surface area (Å²) in [5, 5.41) is 11.4. The van der Waals surface area contributed by atoms with Crippen LogP contribution in [0.4, 0.5) is 0 Å². The zero-order valence-corrected chi connectivity index (χ0v) is 14.9. The molecule has 6 nitrogen and oxygen atoms in total. The van der Waals surface area contributed by atoms with Crippen LogP contribution in [-0.4, -0.2) is 28.2 Å². The van der Waals surface area contributed by atoms with E-state index in [1.165, 1.54) is 11.0 Å². The molecule has 1 N–H and O–H groups in total. The van der Waals surface area contributed by atoms with Crippen LogP contribution in [0.25, 0.3) is 0 Å². The molecule has 8 heteroatoms. The number of halogens is 1. The Balaban J connectivity index is 1.77. The van der Waals surface area contributed by atoms with Crippen LogP contribution in [0.2, 0.25) is 5.02 Å². The summed E-state index contributed by atoms with van der Waals surface area (Å²) >= 11 is 10.9. The van der Waals surface area contributed by atoms with E-state index in [0.717, 1.165) is 11.1 Å². The second-order valence-corrected chi connectivity index (χ2v) is 5.90. The van der Waals surface area contributed by atoms with Crippen LogP contribution in [0.1, 0.15) is 11.1 Å². The number of ether oxygens (including phenoxy) is 2. The van der Waals surface area contributed by atoms with Crippen molar-refractivity contribution in [2.75, 3.05) is 7.11 Å². The largest absolute Gasteiger partial charge is 0.493 e. The Kier molecular flexibility index (Phi) is 5.47. The van der Waals surface area contributed by atoms with E-state index in [2.05, 4.69) is 15.3 Å². The number of methoxy groups -OCH3 is 1. The van der Waals surface area contributed by atoms with Gasteiger partial charge in [-0.1, -0.05) is 23.7 Å². The van der Waals surface area contributed by atoms with Gasteiger partial charge < -0.3 is 9.47 Å². The molecule has 1 aromatic heterocycles. The lowest BCUT2D eigenvalue weighted by atomic mass is 10.2. The predicted octanol–water partition coefficient (Wildman–Crippen LogP) is 4.06. The van der Waals surface area contributed by atoms with Crippen molar-refractivity contribution in [2.24, 2.45) is 5.10 Å². The summed E-state index contributed by atoms with van der Waals surface area (Å²) in [7, 11) is 1.60. The molecule has 0 radical (unpaired) electrons. The zero-order chi connectivity index (χ0) is 17.6. The van der Waals surface area contributed by atoms with E-state index in [0.29, 0.717) is 27.9 Å². The summed E-state index contributed by atoms with van der Waals surface area (Å²) < 4.78 is 13.1. The highest BCUT2D eigenvalue weighted by Crippen LogP contribution is 2.28. The zero-order valence-electron chi connectivity index (χ0n) is 13.3. The topological polar surface area (TPSA) is 64.4 Å². The van der Waals surface area contributed by atoms with Crippen LogP contribution in [0, 0.1) is 4.77 Å². The Morgan fingerprint density at radius 1 is 1.24 bits per heavy atom. The van der Waals surface area contributed by atoms with E-state index in [9.17, 15) is 0 Å². The molecule has 128 valence electrons. The maximum atomic E-state index is 5.89. The normalized spacial score (nSPS) is 11.0. The number of H-pyrrole nitrogens is 1. The van der Waals surface area contributed by atoms with Gasteiger partial charge in [-0.05, 0) is 53.7 Å². The van der Waals surface area contributed by atoms with Crippen molar-refractivity contribution in [3.8, 4) is 11.5 Å². The molecule has 0 saturated carbocycles. The molecule has 25 heavy (non-hydrogen) atoms. The number of nitrogens with one attached hydrogen (secondary N) is 1. The first kappa shape index (κ1) is 17.2. The molecule has 0 atom stereocenters. The Morgan fingerprint density at radius 3 is 2.72 bits per heavy atom. The van der Waals surface area contributed by atoms with E-state index in [1.807, 2.05) is 42.5 Å². The van der Waals surface area contributed by atoms with Crippen molar-refractivity contribution >= 4 is 30.0 Å². The van der Waals surface area contributed by atoms with Gasteiger partial charge in [-0.15, -0.1) is 0 Å². The lowest BCUT2D eigenvalue weighted by molar-refractivity contribution is 0.284. The predicted molar refractivity (Wildman–Crippen MR) is 99.2 cm³/mol. The molecule has 0 saturated heterocycles. The summed E-state index contributed by atoms with van der Waals surface area (Å²) in [6, 6.07) is 13.0. The molecule has 0 spiro atoms. The second-order valence-electron chi connectivity index (χ2n) is 5.08. The molecular weight excluding hydrogens is 360 g/mol. The molecule has 2 aromatic carbocycles. The van der Waals surface area contributed by atoms with Gasteiger partial charge in [0.05, 0.1) is 13.3 Å². The number of nitrogens with zero attached hydrogens (tertiary/aromatic N) is 3. The van der Waals surface area contributed by atoms with Crippen molar-refractivity contribution in [3.63, 3.8) is 0 Å². The molecule has 0 fully saturated rings. The molecule has 3 aromatic rings. The van der Waals surface area contributed by atoms with Crippen molar-refractivity contribution in [1.29, 1.82) is 0 Å². The van der Waals surface area contributed by atoms with Crippen LogP contribution in [-0.2, 0) is 6.61 Å². The highest BCUT2D eigenvalue weighted by molar-refractivity contribution is 7.71. The Labute approximate surface area is 154 Å². The number of benzene rings is 2. The average molecular weight is 375 g/mol. The lowest BCUT2D eigenvalue weighted by Gasteiger charge is -2.11. The molecular formula is C17H15ClN4O2S. The third-order valence-corrected chi connectivity index (χ3v) is 3.89. The summed E-state index contributed by atoms with van der Waals surface area (Å²) in [5.74, 6) is 1.27. The smallest absolute Gasteiger partial charge is 0.216 e. The van der Waals surface area contributed by atoms with Gasteiger partial charge in [-0.25, -0.2) is 0 Å². The highest BCUT2D eigenvalue weighted by atomic mass is 35.5. The summed E-state index contributed by atoms with van der Waals surface area (Å²) in [6.07, 6.45) is 3.17. The monoisotopic (exact) mass is 374 g/mol. The molecule has 1 heterocycles. The van der Waals surface area contributed by atoms with Gasteiger partial charge in [0, 0.05) is 5.02 Å². The number of aromatic nitrogens is 3. The number of hydrogen-bond acceptors (Lipinski definition) is 5. The summed E-state index contributed by atoms with van der Waals surface area (Å²) in [6.45, 7) is 0.404. The maximum Gasteiger partial charge on any atom is 0.216 e. The Bertz CT molecular complexity index is 934. The van der Waals surface area contributed by atoms with Gasteiger partial charge in [0.1, 0.15) is 12.9 Å². The fraction of sp³-hybridized carbons (Fsp3) is 0.118. The molecule has 0 aliphatic rings. The van der Waals surface area contributed by atoms with Crippen molar-refractivity contribution in [3.05, 3.63) is 69.7 Å². The highest BCUT2D eigenvalue weighted by Gasteiger charge is 2.06. The van der Waals surface area contributed by atoms with E-state index in [1.54, 1.807) is 13.3 Å². The lowest BCUT2D eigenvalue weighted by Crippen LogP contribution is -1.99. The number of rotatable bonds is 6. The van der Waals surface area contributed by atoms with Crippen LogP contribution in [0.3, 0.4) is 0 Å². The van der Waals surface area contributed by atoms with E-state index in [4.69, 9.17) is 33.3 Å². The third kappa shape index (κ3) is 4.46. The first-order valence-electron chi connectivity index (χ1n) is 7.37. The van der Waals surface area contributed by atoms with E-state index >= 15 is 0 Å². The van der Waals surface area contributed by atoms with Gasteiger partial charge in [0.15, 0.2) is 11.5 Å². The second kappa shape index (κ2) is 7.96. The van der Waals surface area contributed by atoms with Crippen LogP contribution in [0.15, 0.2) is 53.9 Å². The van der Waals surface area contributed by atoms with E-state index < -0.39 is 0 Å². The molecule has 0 aliphatic heterocycles. The molecule has 0 bridgehead atoms. The Hall–Kier alpha value is -2.64. The van der Waals surface area contributed by atoms with Crippen molar-refractivity contribution in [2.45, 2.75) is 6.61 Å². The molecule has 0 unspecified atom stereocenters. The number of aromatic amines is 1. The Morgan fingerprint density at radius 2 is 2.04 bits per heavy atom. The SMILES string of the molecule is COc1ccc(/C=N/n2cn[nH]c2=S)cc1OCc1ccc(Cl)cc1. The van der Waals surface area contributed by atoms with Gasteiger partial charge in [-0.2, -0.15) is 14.9 Å². The average Bonchev–Trinajstić information content (AvgIpc) is 3.04. The van der Waals surface area contributed by atoms with Crippen LogP contribution in [0.5, 0.6) is 11.5 Å². The van der Waals surface area contributed by atoms with Gasteiger partial charge in [0.25, 0.3) is 0 Å². The molecule has 3 rings (SSSR count). The summed E-state index contributed by atoms with van der Waals surface area (Å²) in [4.78, 5) is 0. The minimum Gasteiger partial charge on any atom is -0.493 e. The first-order valence-corrected chi connectivity index (χ1v) is 8.16. The van der Waals surface area contributed by atoms with Gasteiger partial charge in [0.2, 0.25) is 4.77 Å². The maximum absolute atomic E-state index is 5.89. The fourth-order valence-electron chi connectivity index (χ4n) is 2.08. The summed E-state index contributed by atoms with van der Waals surface area (Å²) in [5.41, 5.74) is 1.85. The number of hydrogen-bond donors (Lipinski definition) is 1. The third-order valence-electron chi connectivity index (χ3n) is 3.36. The minimum absolute atomic E-state index is 0.404. The fourth-order valence-corrected chi connectivity index (χ4v) is 2.35. The molecule has 0 amide bonds. The van der Waals surface area contributed by atoms with E-state index in [-0.39, 0.29) is 0 Å². The van der Waals surface area contributed by atoms with Crippen molar-refractivity contribution < 1.29 is 9.47 Å². The van der Waals surface area contributed by atoms with Crippen LogP contribution < -0.4 is 9.47 Å². The quantitative estimate of drug-likeness (QED) is 0.522. The first-order chi connectivity index (χ1) is 12.2. The van der Waals surface area contributed by atoms with Crippen LogP contribution >= 0.6 is 23.8 Å². The van der Waals surface area contributed by atoms with Crippen molar-refractivity contribution in [1.82, 2.24) is 14.9 Å². The standard InChI is InChI=1S/C17H15ClN4O2S/c1-23-15-7-4-13(9-20-22-11-19-21-17(22)25)8-16(15)24-10-12-2-5-14(18)6-3-12/h2-9,11H,10H2,1H3,(H,21,25)/b20-9+. The molecule has 0 aliphatic carbocycles. The van der Waals surface area contributed by atoms with Gasteiger partial charge >= 0.3 is 0 Å². The minimum atomic E-state index is 0.404.